The van der Waals surface area contributed by atoms with Gasteiger partial charge in [-0.05, 0) is 42.7 Å². The van der Waals surface area contributed by atoms with Gasteiger partial charge in [-0.1, -0.05) is 29.8 Å². The lowest BCUT2D eigenvalue weighted by molar-refractivity contribution is -0.134. The molecule has 0 radical (unpaired) electrons. The number of esters is 1. The molecule has 0 atom stereocenters. The van der Waals surface area contributed by atoms with E-state index >= 15 is 0 Å². The maximum atomic E-state index is 12.6. The summed E-state index contributed by atoms with van der Waals surface area (Å²) < 4.78 is 4.65. The second kappa shape index (κ2) is 7.58. The van der Waals surface area contributed by atoms with Gasteiger partial charge in [0, 0.05) is 12.2 Å². The molecule has 1 aliphatic heterocycles. The van der Waals surface area contributed by atoms with Crippen LogP contribution in [0.1, 0.15) is 22.3 Å². The Kier molecular flexibility index (Phi) is 5.23. The van der Waals surface area contributed by atoms with Crippen LogP contribution in [0.5, 0.6) is 0 Å². The van der Waals surface area contributed by atoms with Crippen LogP contribution in [0.15, 0.2) is 42.5 Å². The average Bonchev–Trinajstić information content (AvgIpc) is 2.68. The minimum atomic E-state index is -0.814. The number of amides is 2. The standard InChI is InChI=1S/C19H17ClN2O4/c1-26-19(25)13-8-9-14(20)15(11-13)21-17(23)18(24)22-10-4-6-12-5-2-3-7-16(12)22/h2-3,5,7-9,11H,4,6,10H2,1H3,(H,21,23). The Labute approximate surface area is 155 Å². The third-order valence-electron chi connectivity index (χ3n) is 4.19. The number of para-hydroxylation sites is 1. The van der Waals surface area contributed by atoms with Gasteiger partial charge in [0.15, 0.2) is 0 Å². The van der Waals surface area contributed by atoms with Gasteiger partial charge in [-0.2, -0.15) is 0 Å². The fraction of sp³-hybridized carbons (Fsp3) is 0.211. The van der Waals surface area contributed by atoms with Gasteiger partial charge in [-0.15, -0.1) is 0 Å². The second-order valence-corrected chi connectivity index (χ2v) is 6.24. The molecule has 0 fully saturated rings. The molecule has 0 spiro atoms. The summed E-state index contributed by atoms with van der Waals surface area (Å²) in [5, 5.41) is 2.71. The summed E-state index contributed by atoms with van der Waals surface area (Å²) in [4.78, 5) is 38.2. The van der Waals surface area contributed by atoms with E-state index in [1.807, 2.05) is 24.3 Å². The molecule has 7 heteroatoms. The number of carbonyl (C=O) groups excluding carboxylic acids is 3. The molecule has 2 amide bonds. The van der Waals surface area contributed by atoms with Crippen molar-refractivity contribution in [3.8, 4) is 0 Å². The highest BCUT2D eigenvalue weighted by atomic mass is 35.5. The van der Waals surface area contributed by atoms with Crippen molar-refractivity contribution in [1.82, 2.24) is 0 Å². The number of nitrogens with zero attached hydrogens (tertiary/aromatic N) is 1. The number of rotatable bonds is 2. The van der Waals surface area contributed by atoms with Crippen LogP contribution < -0.4 is 10.2 Å². The first-order chi connectivity index (χ1) is 12.5. The zero-order valence-corrected chi connectivity index (χ0v) is 14.9. The minimum Gasteiger partial charge on any atom is -0.465 e. The van der Waals surface area contributed by atoms with Crippen LogP contribution in [0.3, 0.4) is 0 Å². The smallest absolute Gasteiger partial charge is 0.337 e. The summed E-state index contributed by atoms with van der Waals surface area (Å²) in [5.41, 5.74) is 2.18. The number of hydrogen-bond donors (Lipinski definition) is 1. The van der Waals surface area contributed by atoms with Crippen molar-refractivity contribution in [2.24, 2.45) is 0 Å². The Balaban J connectivity index is 1.81. The number of benzene rings is 2. The number of fused-ring (bicyclic) bond motifs is 1. The zero-order valence-electron chi connectivity index (χ0n) is 14.1. The molecule has 0 aliphatic carbocycles. The summed E-state index contributed by atoms with van der Waals surface area (Å²) in [6.45, 7) is 0.471. The molecule has 0 saturated heterocycles. The lowest BCUT2D eigenvalue weighted by Gasteiger charge is -2.28. The Morgan fingerprint density at radius 3 is 2.69 bits per heavy atom. The van der Waals surface area contributed by atoms with E-state index in [-0.39, 0.29) is 16.3 Å². The van der Waals surface area contributed by atoms with Crippen molar-refractivity contribution in [3.63, 3.8) is 0 Å². The van der Waals surface area contributed by atoms with Crippen molar-refractivity contribution in [2.75, 3.05) is 23.9 Å². The van der Waals surface area contributed by atoms with Gasteiger partial charge in [0.1, 0.15) is 0 Å². The summed E-state index contributed by atoms with van der Waals surface area (Å²) in [5.74, 6) is -2.05. The molecule has 1 aliphatic rings. The molecular weight excluding hydrogens is 356 g/mol. The van der Waals surface area contributed by atoms with Crippen molar-refractivity contribution in [2.45, 2.75) is 12.8 Å². The van der Waals surface area contributed by atoms with E-state index in [1.165, 1.54) is 30.2 Å². The lowest BCUT2D eigenvalue weighted by Crippen LogP contribution is -2.42. The molecule has 134 valence electrons. The summed E-state index contributed by atoms with van der Waals surface area (Å²) >= 11 is 6.07. The van der Waals surface area contributed by atoms with Crippen LogP contribution in [0.4, 0.5) is 11.4 Å². The van der Waals surface area contributed by atoms with Gasteiger partial charge < -0.3 is 15.0 Å². The summed E-state index contributed by atoms with van der Waals surface area (Å²) in [7, 11) is 1.26. The molecule has 1 heterocycles. The first-order valence-electron chi connectivity index (χ1n) is 8.10. The Morgan fingerprint density at radius 2 is 1.92 bits per heavy atom. The Morgan fingerprint density at radius 1 is 1.15 bits per heavy atom. The highest BCUT2D eigenvalue weighted by Crippen LogP contribution is 2.28. The molecule has 26 heavy (non-hydrogen) atoms. The van der Waals surface area contributed by atoms with Gasteiger partial charge in [-0.3, -0.25) is 9.59 Å². The van der Waals surface area contributed by atoms with E-state index < -0.39 is 17.8 Å². The van der Waals surface area contributed by atoms with E-state index in [0.717, 1.165) is 24.1 Å². The molecule has 1 N–H and O–H groups in total. The Bertz CT molecular complexity index is 882. The normalized spacial score (nSPS) is 12.9. The third-order valence-corrected chi connectivity index (χ3v) is 4.51. The zero-order chi connectivity index (χ0) is 18.7. The fourth-order valence-electron chi connectivity index (χ4n) is 2.91. The first-order valence-corrected chi connectivity index (χ1v) is 8.47. The molecule has 0 bridgehead atoms. The molecule has 0 saturated carbocycles. The summed E-state index contributed by atoms with van der Waals surface area (Å²) in [6, 6.07) is 11.8. The van der Waals surface area contributed by atoms with Crippen molar-refractivity contribution >= 4 is 40.8 Å². The molecule has 2 aromatic carbocycles. The van der Waals surface area contributed by atoms with Gasteiger partial charge in [0.2, 0.25) is 0 Å². The van der Waals surface area contributed by atoms with E-state index in [4.69, 9.17) is 11.6 Å². The second-order valence-electron chi connectivity index (χ2n) is 5.83. The molecule has 0 aromatic heterocycles. The monoisotopic (exact) mass is 372 g/mol. The van der Waals surface area contributed by atoms with Gasteiger partial charge in [0.25, 0.3) is 0 Å². The van der Waals surface area contributed by atoms with Crippen molar-refractivity contribution in [1.29, 1.82) is 0 Å². The van der Waals surface area contributed by atoms with Crippen molar-refractivity contribution < 1.29 is 19.1 Å². The first kappa shape index (κ1) is 17.9. The quantitative estimate of drug-likeness (QED) is 0.649. The topological polar surface area (TPSA) is 75.7 Å². The van der Waals surface area contributed by atoms with E-state index in [1.54, 1.807) is 0 Å². The largest absolute Gasteiger partial charge is 0.465 e. The van der Waals surface area contributed by atoms with Crippen molar-refractivity contribution in [3.05, 3.63) is 58.6 Å². The molecule has 2 aromatic rings. The maximum absolute atomic E-state index is 12.6. The van der Waals surface area contributed by atoms with Gasteiger partial charge in [0.05, 0.1) is 23.4 Å². The van der Waals surface area contributed by atoms with Crippen LogP contribution in [-0.4, -0.2) is 31.4 Å². The number of halogens is 1. The van der Waals surface area contributed by atoms with Crippen LogP contribution >= 0.6 is 11.6 Å². The number of hydrogen-bond acceptors (Lipinski definition) is 4. The van der Waals surface area contributed by atoms with Crippen LogP contribution in [0.2, 0.25) is 5.02 Å². The highest BCUT2D eigenvalue weighted by molar-refractivity contribution is 6.45. The lowest BCUT2D eigenvalue weighted by atomic mass is 10.0. The fourth-order valence-corrected chi connectivity index (χ4v) is 3.07. The van der Waals surface area contributed by atoms with E-state index in [2.05, 4.69) is 10.1 Å². The van der Waals surface area contributed by atoms with Gasteiger partial charge in [-0.25, -0.2) is 4.79 Å². The maximum Gasteiger partial charge on any atom is 0.337 e. The van der Waals surface area contributed by atoms with Crippen LogP contribution in [0.25, 0.3) is 0 Å². The number of anilines is 2. The molecular formula is C19H17ClN2O4. The predicted molar refractivity (Wildman–Crippen MR) is 98.5 cm³/mol. The molecule has 3 rings (SSSR count). The molecule has 0 unspecified atom stereocenters. The van der Waals surface area contributed by atoms with E-state index in [9.17, 15) is 14.4 Å². The van der Waals surface area contributed by atoms with Crippen LogP contribution in [-0.2, 0) is 20.7 Å². The third kappa shape index (κ3) is 3.55. The number of methoxy groups -OCH3 is 1. The predicted octanol–water partition coefficient (Wildman–Crippen LogP) is 3.04. The number of ether oxygens (including phenoxy) is 1. The average molecular weight is 373 g/mol. The van der Waals surface area contributed by atoms with Crippen LogP contribution in [0, 0.1) is 0 Å². The minimum absolute atomic E-state index is 0.179. The highest BCUT2D eigenvalue weighted by Gasteiger charge is 2.27. The number of nitrogens with one attached hydrogen (secondary N) is 1. The van der Waals surface area contributed by atoms with Gasteiger partial charge >= 0.3 is 17.8 Å². The number of aryl methyl sites for hydroxylation is 1. The molecule has 6 nitrogen and oxygen atoms in total. The number of carbonyl (C=O) groups is 3. The Hall–Kier alpha value is -2.86. The summed E-state index contributed by atoms with van der Waals surface area (Å²) in [6.07, 6.45) is 1.66. The SMILES string of the molecule is COC(=O)c1ccc(Cl)c(NC(=O)C(=O)N2CCCc3ccccc32)c1. The van der Waals surface area contributed by atoms with E-state index in [0.29, 0.717) is 6.54 Å².